The van der Waals surface area contributed by atoms with E-state index >= 15 is 0 Å². The number of aromatic nitrogens is 1. The number of ether oxygens (including phenoxy) is 1. The van der Waals surface area contributed by atoms with Gasteiger partial charge in [0.15, 0.2) is 0 Å². The van der Waals surface area contributed by atoms with E-state index in [2.05, 4.69) is 4.98 Å². The zero-order chi connectivity index (χ0) is 14.0. The van der Waals surface area contributed by atoms with Crippen LogP contribution in [0.3, 0.4) is 0 Å². The number of hydrogen-bond donors (Lipinski definition) is 2. The number of carbonyl (C=O) groups is 1. The maximum absolute atomic E-state index is 13.5. The van der Waals surface area contributed by atoms with E-state index in [9.17, 15) is 9.18 Å². The monoisotopic (exact) mass is 281 g/mol. The van der Waals surface area contributed by atoms with Crippen molar-refractivity contribution < 1.29 is 13.9 Å². The van der Waals surface area contributed by atoms with Crippen molar-refractivity contribution in [3.63, 3.8) is 0 Å². The van der Waals surface area contributed by atoms with E-state index in [-0.39, 0.29) is 22.3 Å². The standard InChI is InChI=1S/C12H9ClFN3O2/c13-10-3-6(15)4-11(17-10)19-7-1-2-8(12(16)18)9(14)5-7/h1-5H,(H2,15,17)(H2,16,18). The molecule has 0 aliphatic carbocycles. The van der Waals surface area contributed by atoms with Crippen molar-refractivity contribution in [2.24, 2.45) is 5.73 Å². The average molecular weight is 282 g/mol. The van der Waals surface area contributed by atoms with Crippen molar-refractivity contribution in [1.82, 2.24) is 4.98 Å². The molecule has 0 unspecified atom stereocenters. The molecule has 1 heterocycles. The third-order valence-corrected chi connectivity index (χ3v) is 2.41. The summed E-state index contributed by atoms with van der Waals surface area (Å²) >= 11 is 5.71. The Kier molecular flexibility index (Phi) is 3.52. The first-order valence-electron chi connectivity index (χ1n) is 5.16. The van der Waals surface area contributed by atoms with Gasteiger partial charge in [-0.05, 0) is 18.2 Å². The van der Waals surface area contributed by atoms with Crippen LogP contribution in [0.1, 0.15) is 10.4 Å². The van der Waals surface area contributed by atoms with E-state index in [0.717, 1.165) is 6.07 Å². The summed E-state index contributed by atoms with van der Waals surface area (Å²) in [5, 5.41) is 0.157. The molecular formula is C12H9ClFN3O2. The number of rotatable bonds is 3. The first-order valence-corrected chi connectivity index (χ1v) is 5.54. The van der Waals surface area contributed by atoms with Crippen LogP contribution in [-0.4, -0.2) is 10.9 Å². The highest BCUT2D eigenvalue weighted by atomic mass is 35.5. The molecule has 2 rings (SSSR count). The number of hydrogen-bond acceptors (Lipinski definition) is 4. The quantitative estimate of drug-likeness (QED) is 0.845. The van der Waals surface area contributed by atoms with Gasteiger partial charge in [-0.15, -0.1) is 0 Å². The minimum Gasteiger partial charge on any atom is -0.439 e. The lowest BCUT2D eigenvalue weighted by Crippen LogP contribution is -2.12. The SMILES string of the molecule is NC(=O)c1ccc(Oc2cc(N)cc(Cl)n2)cc1F. The van der Waals surface area contributed by atoms with Gasteiger partial charge < -0.3 is 16.2 Å². The Labute approximate surface area is 112 Å². The Morgan fingerprint density at radius 3 is 2.63 bits per heavy atom. The largest absolute Gasteiger partial charge is 0.439 e. The third kappa shape index (κ3) is 3.11. The zero-order valence-electron chi connectivity index (χ0n) is 9.56. The normalized spacial score (nSPS) is 10.2. The number of carbonyl (C=O) groups excluding carboxylic acids is 1. The second kappa shape index (κ2) is 5.11. The fraction of sp³-hybridized carbons (Fsp3) is 0. The summed E-state index contributed by atoms with van der Waals surface area (Å²) in [5.41, 5.74) is 10.7. The van der Waals surface area contributed by atoms with Gasteiger partial charge in [-0.2, -0.15) is 0 Å². The molecule has 0 atom stereocenters. The number of nitrogens with zero attached hydrogens (tertiary/aromatic N) is 1. The lowest BCUT2D eigenvalue weighted by Gasteiger charge is -2.07. The molecule has 1 aromatic carbocycles. The molecule has 0 saturated heterocycles. The minimum absolute atomic E-state index is 0.122. The molecule has 0 saturated carbocycles. The van der Waals surface area contributed by atoms with Gasteiger partial charge in [-0.25, -0.2) is 9.37 Å². The van der Waals surface area contributed by atoms with Gasteiger partial charge in [0.2, 0.25) is 5.88 Å². The van der Waals surface area contributed by atoms with Crippen LogP contribution in [0.15, 0.2) is 30.3 Å². The van der Waals surface area contributed by atoms with E-state index in [1.807, 2.05) is 0 Å². The van der Waals surface area contributed by atoms with Gasteiger partial charge in [0.05, 0.1) is 5.56 Å². The van der Waals surface area contributed by atoms with Crippen molar-refractivity contribution >= 4 is 23.2 Å². The summed E-state index contributed by atoms with van der Waals surface area (Å²) in [6.07, 6.45) is 0. The summed E-state index contributed by atoms with van der Waals surface area (Å²) in [4.78, 5) is 14.7. The number of nitrogen functional groups attached to an aromatic ring is 1. The van der Waals surface area contributed by atoms with E-state index in [1.165, 1.54) is 24.3 Å². The number of primary amides is 1. The number of anilines is 1. The maximum atomic E-state index is 13.5. The number of amides is 1. The summed E-state index contributed by atoms with van der Waals surface area (Å²) in [6, 6.07) is 6.53. The lowest BCUT2D eigenvalue weighted by molar-refractivity contribution is 0.0996. The van der Waals surface area contributed by atoms with Crippen LogP contribution in [-0.2, 0) is 0 Å². The van der Waals surface area contributed by atoms with Crippen LogP contribution in [0.5, 0.6) is 11.6 Å². The summed E-state index contributed by atoms with van der Waals surface area (Å²) in [7, 11) is 0. The Hall–Kier alpha value is -2.34. The molecule has 0 spiro atoms. The molecule has 0 aliphatic rings. The van der Waals surface area contributed by atoms with Gasteiger partial charge in [0, 0.05) is 17.8 Å². The fourth-order valence-electron chi connectivity index (χ4n) is 1.42. The fourth-order valence-corrected chi connectivity index (χ4v) is 1.63. The van der Waals surface area contributed by atoms with Crippen LogP contribution in [0.4, 0.5) is 10.1 Å². The highest BCUT2D eigenvalue weighted by Gasteiger charge is 2.10. The van der Waals surface area contributed by atoms with E-state index in [1.54, 1.807) is 0 Å². The molecule has 98 valence electrons. The Morgan fingerprint density at radius 1 is 1.32 bits per heavy atom. The van der Waals surface area contributed by atoms with Gasteiger partial charge in [-0.3, -0.25) is 4.79 Å². The van der Waals surface area contributed by atoms with Crippen LogP contribution in [0, 0.1) is 5.82 Å². The molecular weight excluding hydrogens is 273 g/mol. The number of halogens is 2. The molecule has 1 aromatic heterocycles. The summed E-state index contributed by atoms with van der Waals surface area (Å²) in [6.45, 7) is 0. The first kappa shape index (κ1) is 13.1. The predicted octanol–water partition coefficient (Wildman–Crippen LogP) is 2.35. The molecule has 5 nitrogen and oxygen atoms in total. The molecule has 0 bridgehead atoms. The van der Waals surface area contributed by atoms with Crippen LogP contribution in [0.2, 0.25) is 5.15 Å². The molecule has 7 heteroatoms. The first-order chi connectivity index (χ1) is 8.95. The predicted molar refractivity (Wildman–Crippen MR) is 68.7 cm³/mol. The van der Waals surface area contributed by atoms with Crippen LogP contribution in [0.25, 0.3) is 0 Å². The molecule has 2 aromatic rings. The maximum Gasteiger partial charge on any atom is 0.251 e. The van der Waals surface area contributed by atoms with E-state index < -0.39 is 11.7 Å². The van der Waals surface area contributed by atoms with Gasteiger partial charge in [0.25, 0.3) is 5.91 Å². The summed E-state index contributed by atoms with van der Waals surface area (Å²) < 4.78 is 18.8. The van der Waals surface area contributed by atoms with Crippen molar-refractivity contribution in [2.45, 2.75) is 0 Å². The minimum atomic E-state index is -0.853. The average Bonchev–Trinajstić information content (AvgIpc) is 2.26. The van der Waals surface area contributed by atoms with E-state index in [4.69, 9.17) is 27.8 Å². The topological polar surface area (TPSA) is 91.2 Å². The van der Waals surface area contributed by atoms with Crippen LogP contribution >= 0.6 is 11.6 Å². The number of benzene rings is 1. The Bertz CT molecular complexity index is 629. The van der Waals surface area contributed by atoms with E-state index in [0.29, 0.717) is 5.69 Å². The van der Waals surface area contributed by atoms with Crippen LogP contribution < -0.4 is 16.2 Å². The molecule has 4 N–H and O–H groups in total. The van der Waals surface area contributed by atoms with Crippen molar-refractivity contribution in [2.75, 3.05) is 5.73 Å². The highest BCUT2D eigenvalue weighted by Crippen LogP contribution is 2.25. The second-order valence-corrected chi connectivity index (χ2v) is 4.06. The van der Waals surface area contributed by atoms with Gasteiger partial charge >= 0.3 is 0 Å². The second-order valence-electron chi connectivity index (χ2n) is 3.67. The highest BCUT2D eigenvalue weighted by molar-refractivity contribution is 6.29. The molecule has 0 fully saturated rings. The Morgan fingerprint density at radius 2 is 2.05 bits per heavy atom. The molecule has 19 heavy (non-hydrogen) atoms. The van der Waals surface area contributed by atoms with Gasteiger partial charge in [-0.1, -0.05) is 11.6 Å². The summed E-state index contributed by atoms with van der Waals surface area (Å²) in [5.74, 6) is -1.36. The molecule has 1 amide bonds. The third-order valence-electron chi connectivity index (χ3n) is 2.22. The van der Waals surface area contributed by atoms with Crippen molar-refractivity contribution in [1.29, 1.82) is 0 Å². The zero-order valence-corrected chi connectivity index (χ0v) is 10.3. The van der Waals surface area contributed by atoms with Gasteiger partial charge in [0.1, 0.15) is 16.7 Å². The van der Waals surface area contributed by atoms with Crippen molar-refractivity contribution in [3.05, 3.63) is 46.9 Å². The Balaban J connectivity index is 2.28. The molecule has 0 aliphatic heterocycles. The van der Waals surface area contributed by atoms with Crippen molar-refractivity contribution in [3.8, 4) is 11.6 Å². The number of nitrogens with two attached hydrogens (primary N) is 2. The number of pyridine rings is 1. The lowest BCUT2D eigenvalue weighted by atomic mass is 10.2. The smallest absolute Gasteiger partial charge is 0.251 e. The molecule has 0 radical (unpaired) electrons.